The number of aromatic nitrogens is 3. The zero-order valence-corrected chi connectivity index (χ0v) is 23.5. The van der Waals surface area contributed by atoms with E-state index in [1.165, 1.54) is 0 Å². The standard InChI is InChI=1S/C39H23N5/c1-4-12-24(13-5-1)27-20-22-31-35(36-32(40-31)23-21-29-28-18-10-11-19-30(28)41-38(29)36)34(27)39-33(25-14-6-2-7-15-25)37(42-44-43-39)26-16-8-3-9-17-26/h1-23H. The molecule has 5 nitrogen and oxygen atoms in total. The lowest BCUT2D eigenvalue weighted by Gasteiger charge is -2.19. The molecule has 0 bridgehead atoms. The number of hydrogen-bond acceptors (Lipinski definition) is 5. The molecule has 0 amide bonds. The van der Waals surface area contributed by atoms with Crippen molar-refractivity contribution >= 4 is 11.4 Å². The predicted molar refractivity (Wildman–Crippen MR) is 173 cm³/mol. The van der Waals surface area contributed by atoms with Gasteiger partial charge in [0.25, 0.3) is 0 Å². The normalized spacial score (nSPS) is 12.0. The van der Waals surface area contributed by atoms with Crippen molar-refractivity contribution in [1.29, 1.82) is 0 Å². The summed E-state index contributed by atoms with van der Waals surface area (Å²) in [4.78, 5) is 10.3. The van der Waals surface area contributed by atoms with Crippen molar-refractivity contribution in [3.63, 3.8) is 0 Å². The van der Waals surface area contributed by atoms with Crippen LogP contribution >= 0.6 is 0 Å². The van der Waals surface area contributed by atoms with Crippen molar-refractivity contribution < 1.29 is 0 Å². The van der Waals surface area contributed by atoms with Gasteiger partial charge in [-0.25, -0.2) is 9.98 Å². The maximum atomic E-state index is 5.16. The Balaban J connectivity index is 1.44. The number of fused-ring (bicyclic) bond motifs is 6. The lowest BCUT2D eigenvalue weighted by atomic mass is 9.85. The molecule has 2 aliphatic heterocycles. The molecule has 0 unspecified atom stereocenters. The highest BCUT2D eigenvalue weighted by molar-refractivity contribution is 6.06. The van der Waals surface area contributed by atoms with Gasteiger partial charge >= 0.3 is 0 Å². The van der Waals surface area contributed by atoms with Gasteiger partial charge < -0.3 is 0 Å². The van der Waals surface area contributed by atoms with Crippen LogP contribution in [0, 0.1) is 10.4 Å². The van der Waals surface area contributed by atoms with Crippen LogP contribution in [0.3, 0.4) is 0 Å². The van der Waals surface area contributed by atoms with Crippen LogP contribution in [0.4, 0.5) is 11.4 Å². The van der Waals surface area contributed by atoms with Crippen molar-refractivity contribution in [1.82, 2.24) is 15.4 Å². The smallest absolute Gasteiger partial charge is 0.106 e. The summed E-state index contributed by atoms with van der Waals surface area (Å²) in [5.41, 5.74) is 11.5. The minimum absolute atomic E-state index is 0.761. The summed E-state index contributed by atoms with van der Waals surface area (Å²) in [6.07, 6.45) is 0. The molecule has 44 heavy (non-hydrogen) atoms. The molecule has 0 saturated heterocycles. The maximum Gasteiger partial charge on any atom is 0.106 e. The zero-order valence-electron chi connectivity index (χ0n) is 23.5. The molecule has 1 aromatic heterocycles. The quantitative estimate of drug-likeness (QED) is 0.219. The van der Waals surface area contributed by atoms with Gasteiger partial charge in [0.2, 0.25) is 0 Å². The maximum absolute atomic E-state index is 5.16. The minimum atomic E-state index is 0.761. The molecular formula is C39H23N5. The van der Waals surface area contributed by atoms with E-state index in [1.807, 2.05) is 36.4 Å². The van der Waals surface area contributed by atoms with E-state index in [0.29, 0.717) is 0 Å². The van der Waals surface area contributed by atoms with Crippen LogP contribution in [0.25, 0.3) is 55.9 Å². The molecule has 7 aromatic rings. The monoisotopic (exact) mass is 561 g/mol. The average Bonchev–Trinajstić information content (AvgIpc) is 3.67. The molecule has 0 saturated carbocycles. The number of nitrogens with zero attached hydrogens (tertiary/aromatic N) is 5. The Morgan fingerprint density at radius 3 is 1.80 bits per heavy atom. The van der Waals surface area contributed by atoms with Crippen molar-refractivity contribution in [3.05, 3.63) is 161 Å². The molecule has 6 aromatic carbocycles. The average molecular weight is 562 g/mol. The Hall–Kier alpha value is -6.07. The molecule has 0 spiro atoms. The van der Waals surface area contributed by atoms with E-state index in [4.69, 9.17) is 15.1 Å². The third kappa shape index (κ3) is 3.69. The third-order valence-electron chi connectivity index (χ3n) is 8.45. The molecule has 0 aliphatic carbocycles. The number of benzene rings is 6. The Bertz CT molecular complexity index is 2480. The first kappa shape index (κ1) is 24.5. The molecule has 3 heterocycles. The fourth-order valence-electron chi connectivity index (χ4n) is 6.52. The van der Waals surface area contributed by atoms with E-state index in [-0.39, 0.29) is 0 Å². The number of rotatable bonds is 4. The van der Waals surface area contributed by atoms with Crippen molar-refractivity contribution in [2.75, 3.05) is 0 Å². The van der Waals surface area contributed by atoms with E-state index in [2.05, 4.69) is 113 Å². The van der Waals surface area contributed by atoms with E-state index in [0.717, 1.165) is 88.4 Å². The Labute approximate surface area is 252 Å². The first-order valence-corrected chi connectivity index (χ1v) is 14.6. The minimum Gasteiger partial charge on any atom is -0.248 e. The van der Waals surface area contributed by atoms with Crippen molar-refractivity contribution in [2.24, 2.45) is 9.98 Å². The van der Waals surface area contributed by atoms with Crippen LogP contribution in [0.1, 0.15) is 0 Å². The molecule has 0 fully saturated rings. The van der Waals surface area contributed by atoms with Gasteiger partial charge in [-0.05, 0) is 46.2 Å². The van der Waals surface area contributed by atoms with Gasteiger partial charge in [-0.15, -0.1) is 10.2 Å². The second-order valence-corrected chi connectivity index (χ2v) is 10.9. The first-order chi connectivity index (χ1) is 21.8. The van der Waals surface area contributed by atoms with Crippen LogP contribution < -0.4 is 10.7 Å². The van der Waals surface area contributed by atoms with E-state index in [1.54, 1.807) is 0 Å². The zero-order chi connectivity index (χ0) is 29.0. The molecule has 0 radical (unpaired) electrons. The number of para-hydroxylation sites is 1. The molecule has 2 aliphatic rings. The van der Waals surface area contributed by atoms with Gasteiger partial charge in [0.05, 0.1) is 22.1 Å². The SMILES string of the molecule is c1ccc(-c2ccc3c(c2-c2nnnc(-c4ccccc4)c2-c2ccccc2)-c2c4c(ccc2=N3)=c2ccccc2=N4)cc1. The van der Waals surface area contributed by atoms with Gasteiger partial charge in [0.1, 0.15) is 11.4 Å². The largest absolute Gasteiger partial charge is 0.248 e. The van der Waals surface area contributed by atoms with Crippen LogP contribution in [-0.4, -0.2) is 15.4 Å². The highest BCUT2D eigenvalue weighted by atomic mass is 15.3. The summed E-state index contributed by atoms with van der Waals surface area (Å²) >= 11 is 0. The lowest BCUT2D eigenvalue weighted by Crippen LogP contribution is -2.04. The van der Waals surface area contributed by atoms with Gasteiger partial charge in [-0.2, -0.15) is 0 Å². The molecule has 204 valence electrons. The predicted octanol–water partition coefficient (Wildman–Crippen LogP) is 8.02. The molecule has 0 atom stereocenters. The van der Waals surface area contributed by atoms with E-state index < -0.39 is 0 Å². The highest BCUT2D eigenvalue weighted by Crippen LogP contribution is 2.51. The van der Waals surface area contributed by atoms with Gasteiger partial charge in [0.15, 0.2) is 0 Å². The topological polar surface area (TPSA) is 63.4 Å². The Morgan fingerprint density at radius 2 is 1.02 bits per heavy atom. The third-order valence-corrected chi connectivity index (χ3v) is 8.45. The second kappa shape index (κ2) is 9.75. The molecule has 0 N–H and O–H groups in total. The van der Waals surface area contributed by atoms with Crippen LogP contribution in [0.5, 0.6) is 0 Å². The lowest BCUT2D eigenvalue weighted by molar-refractivity contribution is 0.879. The fraction of sp³-hybridized carbons (Fsp3) is 0. The van der Waals surface area contributed by atoms with Crippen LogP contribution in [-0.2, 0) is 0 Å². The summed E-state index contributed by atoms with van der Waals surface area (Å²) in [6, 6.07) is 47.9. The second-order valence-electron chi connectivity index (χ2n) is 10.9. The molecule has 9 rings (SSSR count). The Kier molecular flexibility index (Phi) is 5.43. The summed E-state index contributed by atoms with van der Waals surface area (Å²) in [5.74, 6) is 0. The van der Waals surface area contributed by atoms with Crippen LogP contribution in [0.15, 0.2) is 150 Å². The highest BCUT2D eigenvalue weighted by Gasteiger charge is 2.30. The van der Waals surface area contributed by atoms with E-state index >= 15 is 0 Å². The van der Waals surface area contributed by atoms with Gasteiger partial charge in [-0.1, -0.05) is 115 Å². The molecule has 5 heteroatoms. The fourth-order valence-corrected chi connectivity index (χ4v) is 6.52. The van der Waals surface area contributed by atoms with Crippen molar-refractivity contribution in [2.45, 2.75) is 0 Å². The first-order valence-electron chi connectivity index (χ1n) is 14.6. The summed E-state index contributed by atoms with van der Waals surface area (Å²) < 4.78 is 0. The van der Waals surface area contributed by atoms with Gasteiger partial charge in [0, 0.05) is 38.3 Å². The van der Waals surface area contributed by atoms with Crippen LogP contribution in [0.2, 0.25) is 0 Å². The van der Waals surface area contributed by atoms with E-state index in [9.17, 15) is 0 Å². The number of hydrogen-bond donors (Lipinski definition) is 0. The van der Waals surface area contributed by atoms with Crippen molar-refractivity contribution in [3.8, 4) is 55.9 Å². The Morgan fingerprint density at radius 1 is 0.364 bits per heavy atom. The summed E-state index contributed by atoms with van der Waals surface area (Å²) in [5, 5.41) is 18.0. The summed E-state index contributed by atoms with van der Waals surface area (Å²) in [7, 11) is 0. The molecular weight excluding hydrogens is 538 g/mol. The van der Waals surface area contributed by atoms with Gasteiger partial charge in [-0.3, -0.25) is 0 Å². The summed E-state index contributed by atoms with van der Waals surface area (Å²) in [6.45, 7) is 0.